The number of benzene rings is 1. The van der Waals surface area contributed by atoms with Crippen molar-refractivity contribution in [3.63, 3.8) is 0 Å². The molecule has 1 amide bonds. The van der Waals surface area contributed by atoms with Gasteiger partial charge in [-0.2, -0.15) is 0 Å². The van der Waals surface area contributed by atoms with Crippen LogP contribution in [0.25, 0.3) is 0 Å². The number of carbonyl (C=O) groups excluding carboxylic acids is 1. The highest BCUT2D eigenvalue weighted by molar-refractivity contribution is 6.74. The summed E-state index contributed by atoms with van der Waals surface area (Å²) in [5.41, 5.74) is 1.01. The maximum absolute atomic E-state index is 12.6. The van der Waals surface area contributed by atoms with Crippen molar-refractivity contribution in [2.24, 2.45) is 0 Å². The van der Waals surface area contributed by atoms with Crippen molar-refractivity contribution >= 4 is 14.4 Å². The molecule has 0 N–H and O–H groups in total. The van der Waals surface area contributed by atoms with E-state index < -0.39 is 8.32 Å². The first-order valence-electron chi connectivity index (χ1n) is 10.4. The van der Waals surface area contributed by atoms with Gasteiger partial charge >= 0.3 is 6.09 Å². The second-order valence-corrected chi connectivity index (χ2v) is 14.4. The van der Waals surface area contributed by atoms with Crippen LogP contribution in [-0.2, 0) is 15.8 Å². The third-order valence-corrected chi connectivity index (χ3v) is 10.6. The van der Waals surface area contributed by atoms with E-state index in [0.717, 1.165) is 12.1 Å². The number of hydrogen-bond acceptors (Lipinski definition) is 4. The Hall–Kier alpha value is -1.37. The standard InChI is InChI=1S/C22H38N2O3Si/c1-18(2)24-14-13-23(21(25)26-16-19-11-9-8-10-12-19)15-20(24)17-27-28(6,7)22(3,4)5/h8-12,18,20H,13-17H2,1-7H3/t20-/m1/s1. The molecule has 1 aromatic carbocycles. The van der Waals surface area contributed by atoms with E-state index in [1.165, 1.54) is 0 Å². The van der Waals surface area contributed by atoms with Gasteiger partial charge in [-0.25, -0.2) is 4.79 Å². The van der Waals surface area contributed by atoms with Gasteiger partial charge in [-0.05, 0) is 37.5 Å². The van der Waals surface area contributed by atoms with Crippen LogP contribution in [0.4, 0.5) is 4.79 Å². The summed E-state index contributed by atoms with van der Waals surface area (Å²) in [6.45, 7) is 18.9. The zero-order valence-electron chi connectivity index (χ0n) is 18.7. The summed E-state index contributed by atoms with van der Waals surface area (Å²) in [6, 6.07) is 10.4. The fraction of sp³-hybridized carbons (Fsp3) is 0.682. The van der Waals surface area contributed by atoms with Crippen LogP contribution >= 0.6 is 0 Å². The minimum atomic E-state index is -1.82. The van der Waals surface area contributed by atoms with E-state index in [2.05, 4.69) is 52.6 Å². The summed E-state index contributed by atoms with van der Waals surface area (Å²) in [6.07, 6.45) is -0.232. The number of amides is 1. The highest BCUT2D eigenvalue weighted by Crippen LogP contribution is 2.36. The Balaban J connectivity index is 1.97. The lowest BCUT2D eigenvalue weighted by atomic mass is 10.1. The fourth-order valence-electron chi connectivity index (χ4n) is 3.20. The molecule has 1 aliphatic rings. The van der Waals surface area contributed by atoms with Gasteiger partial charge in [-0.1, -0.05) is 51.1 Å². The van der Waals surface area contributed by atoms with Crippen LogP contribution in [0.2, 0.25) is 18.1 Å². The first-order valence-corrected chi connectivity index (χ1v) is 13.3. The number of rotatable bonds is 6. The SMILES string of the molecule is CC(C)N1CCN(C(=O)OCc2ccccc2)C[C@@H]1CO[Si](C)(C)C(C)(C)C. The normalized spacial score (nSPS) is 19.1. The Bertz CT molecular complexity index is 628. The number of ether oxygens (including phenoxy) is 1. The average Bonchev–Trinajstić information content (AvgIpc) is 2.64. The van der Waals surface area contributed by atoms with Crippen molar-refractivity contribution in [1.29, 1.82) is 0 Å². The summed E-state index contributed by atoms with van der Waals surface area (Å²) in [5.74, 6) is 0. The molecule has 5 nitrogen and oxygen atoms in total. The van der Waals surface area contributed by atoms with Crippen molar-refractivity contribution in [2.75, 3.05) is 26.2 Å². The molecule has 1 aliphatic heterocycles. The molecule has 0 spiro atoms. The van der Waals surface area contributed by atoms with Crippen molar-refractivity contribution in [3.05, 3.63) is 35.9 Å². The van der Waals surface area contributed by atoms with E-state index in [1.54, 1.807) is 0 Å². The summed E-state index contributed by atoms with van der Waals surface area (Å²) in [5, 5.41) is 0.179. The van der Waals surface area contributed by atoms with Gasteiger partial charge in [0.05, 0.1) is 6.61 Å². The molecule has 158 valence electrons. The third-order valence-electron chi connectivity index (χ3n) is 6.10. The highest BCUT2D eigenvalue weighted by Gasteiger charge is 2.39. The molecule has 2 rings (SSSR count). The average molecular weight is 407 g/mol. The molecule has 0 saturated carbocycles. The monoisotopic (exact) mass is 406 g/mol. The molecule has 6 heteroatoms. The first-order chi connectivity index (χ1) is 13.0. The molecule has 0 bridgehead atoms. The molecular weight excluding hydrogens is 368 g/mol. The van der Waals surface area contributed by atoms with E-state index in [1.807, 2.05) is 35.2 Å². The molecule has 0 radical (unpaired) electrons. The number of nitrogens with zero attached hydrogens (tertiary/aromatic N) is 2. The van der Waals surface area contributed by atoms with E-state index in [4.69, 9.17) is 9.16 Å². The molecule has 1 atom stereocenters. The van der Waals surface area contributed by atoms with Crippen LogP contribution in [0.1, 0.15) is 40.2 Å². The topological polar surface area (TPSA) is 42.0 Å². The number of carbonyl (C=O) groups is 1. The Morgan fingerprint density at radius 2 is 1.82 bits per heavy atom. The van der Waals surface area contributed by atoms with Crippen LogP contribution in [0.15, 0.2) is 30.3 Å². The van der Waals surface area contributed by atoms with Gasteiger partial charge in [-0.3, -0.25) is 4.90 Å². The molecule has 1 aromatic rings. The van der Waals surface area contributed by atoms with E-state index in [9.17, 15) is 4.79 Å². The molecule has 0 aromatic heterocycles. The van der Waals surface area contributed by atoms with Gasteiger partial charge in [0.2, 0.25) is 0 Å². The van der Waals surface area contributed by atoms with Crippen LogP contribution in [0.5, 0.6) is 0 Å². The highest BCUT2D eigenvalue weighted by atomic mass is 28.4. The fourth-order valence-corrected chi connectivity index (χ4v) is 4.24. The van der Waals surface area contributed by atoms with Gasteiger partial charge in [0.15, 0.2) is 8.32 Å². The quantitative estimate of drug-likeness (QED) is 0.640. The summed E-state index contributed by atoms with van der Waals surface area (Å²) >= 11 is 0. The van der Waals surface area contributed by atoms with E-state index in [-0.39, 0.29) is 17.2 Å². The van der Waals surface area contributed by atoms with Crippen LogP contribution in [-0.4, -0.2) is 62.5 Å². The molecule has 0 unspecified atom stereocenters. The molecule has 1 saturated heterocycles. The largest absolute Gasteiger partial charge is 0.445 e. The second-order valence-electron chi connectivity index (χ2n) is 9.54. The van der Waals surface area contributed by atoms with Crippen molar-refractivity contribution in [1.82, 2.24) is 9.80 Å². The smallest absolute Gasteiger partial charge is 0.410 e. The molecular formula is C22H38N2O3Si. The number of piperazine rings is 1. The molecule has 0 aliphatic carbocycles. The van der Waals surface area contributed by atoms with Crippen LogP contribution in [0.3, 0.4) is 0 Å². The summed E-state index contributed by atoms with van der Waals surface area (Å²) in [4.78, 5) is 16.9. The predicted octanol–water partition coefficient (Wildman–Crippen LogP) is 4.74. The van der Waals surface area contributed by atoms with Gasteiger partial charge in [-0.15, -0.1) is 0 Å². The molecule has 1 fully saturated rings. The Morgan fingerprint density at radius 3 is 2.39 bits per heavy atom. The van der Waals surface area contributed by atoms with Crippen molar-refractivity contribution in [3.8, 4) is 0 Å². The van der Waals surface area contributed by atoms with Crippen molar-refractivity contribution in [2.45, 2.75) is 71.4 Å². The maximum Gasteiger partial charge on any atom is 0.410 e. The van der Waals surface area contributed by atoms with Gasteiger partial charge in [0.1, 0.15) is 6.61 Å². The molecule has 28 heavy (non-hydrogen) atoms. The van der Waals surface area contributed by atoms with Crippen molar-refractivity contribution < 1.29 is 14.0 Å². The minimum Gasteiger partial charge on any atom is -0.445 e. The Labute approximate surface area is 172 Å². The maximum atomic E-state index is 12.6. The lowest BCUT2D eigenvalue weighted by Crippen LogP contribution is -2.59. The van der Waals surface area contributed by atoms with Crippen LogP contribution in [0, 0.1) is 0 Å². The van der Waals surface area contributed by atoms with Gasteiger partial charge in [0.25, 0.3) is 0 Å². The summed E-state index contributed by atoms with van der Waals surface area (Å²) < 4.78 is 12.0. The van der Waals surface area contributed by atoms with Gasteiger partial charge < -0.3 is 14.1 Å². The molecule has 1 heterocycles. The minimum absolute atomic E-state index is 0.179. The van der Waals surface area contributed by atoms with E-state index in [0.29, 0.717) is 32.3 Å². The first kappa shape index (κ1) is 22.9. The van der Waals surface area contributed by atoms with Gasteiger partial charge in [0, 0.05) is 31.7 Å². The number of hydrogen-bond donors (Lipinski definition) is 0. The zero-order chi connectivity index (χ0) is 20.9. The van der Waals surface area contributed by atoms with Crippen LogP contribution < -0.4 is 0 Å². The Morgan fingerprint density at radius 1 is 1.18 bits per heavy atom. The lowest BCUT2D eigenvalue weighted by Gasteiger charge is -2.45. The lowest BCUT2D eigenvalue weighted by molar-refractivity contribution is 0.0157. The summed E-state index contributed by atoms with van der Waals surface area (Å²) in [7, 11) is -1.82. The second kappa shape index (κ2) is 9.42. The Kier molecular flexibility index (Phi) is 7.71. The third kappa shape index (κ3) is 6.06. The predicted molar refractivity (Wildman–Crippen MR) is 117 cm³/mol. The zero-order valence-corrected chi connectivity index (χ0v) is 19.7. The van der Waals surface area contributed by atoms with E-state index >= 15 is 0 Å².